The van der Waals surface area contributed by atoms with Gasteiger partial charge in [0.1, 0.15) is 5.82 Å². The summed E-state index contributed by atoms with van der Waals surface area (Å²) in [5.74, 6) is -0.494. The van der Waals surface area contributed by atoms with E-state index >= 15 is 0 Å². The van der Waals surface area contributed by atoms with Crippen LogP contribution in [0.5, 0.6) is 0 Å². The number of halogens is 2. The van der Waals surface area contributed by atoms with E-state index in [1.807, 2.05) is 0 Å². The van der Waals surface area contributed by atoms with Gasteiger partial charge in [-0.25, -0.2) is 9.37 Å². The molecule has 0 aliphatic rings. The Bertz CT molecular complexity index is 542. The van der Waals surface area contributed by atoms with E-state index in [9.17, 15) is 9.18 Å². The average Bonchev–Trinajstić information content (AvgIpc) is 2.33. The van der Waals surface area contributed by atoms with Crippen molar-refractivity contribution >= 4 is 23.3 Å². The first kappa shape index (κ1) is 11.5. The topological polar surface area (TPSA) is 42.0 Å². The number of pyridine rings is 1. The second-order valence-electron chi connectivity index (χ2n) is 3.29. The van der Waals surface area contributed by atoms with Crippen LogP contribution in [0.1, 0.15) is 10.4 Å². The summed E-state index contributed by atoms with van der Waals surface area (Å²) in [5.41, 5.74) is 0.341. The van der Waals surface area contributed by atoms with Crippen molar-refractivity contribution in [2.75, 3.05) is 5.32 Å². The Kier molecular flexibility index (Phi) is 3.35. The maximum Gasteiger partial charge on any atom is 0.256 e. The molecule has 0 bridgehead atoms. The molecular weight excluding hydrogens is 243 g/mol. The van der Waals surface area contributed by atoms with Crippen LogP contribution >= 0.6 is 11.6 Å². The predicted molar refractivity (Wildman–Crippen MR) is 63.6 cm³/mol. The minimum absolute atomic E-state index is 0.281. The minimum Gasteiger partial charge on any atom is -0.305 e. The van der Waals surface area contributed by atoms with Crippen LogP contribution in [0.3, 0.4) is 0 Å². The Morgan fingerprint density at radius 2 is 1.94 bits per heavy atom. The first-order chi connectivity index (χ1) is 8.16. The van der Waals surface area contributed by atoms with E-state index in [-0.39, 0.29) is 11.7 Å². The van der Waals surface area contributed by atoms with Crippen molar-refractivity contribution < 1.29 is 9.18 Å². The number of nitrogens with zero attached hydrogens (tertiary/aromatic N) is 1. The van der Waals surface area contributed by atoms with Gasteiger partial charge in [0.2, 0.25) is 0 Å². The lowest BCUT2D eigenvalue weighted by atomic mass is 10.2. The molecule has 1 N–H and O–H groups in total. The summed E-state index contributed by atoms with van der Waals surface area (Å²) in [6.07, 6.45) is 1.52. The zero-order valence-electron chi connectivity index (χ0n) is 8.65. The number of rotatable bonds is 2. The van der Waals surface area contributed by atoms with Gasteiger partial charge in [-0.1, -0.05) is 11.6 Å². The normalized spacial score (nSPS) is 10.0. The van der Waals surface area contributed by atoms with Crippen molar-refractivity contribution in [3.8, 4) is 0 Å². The number of carbonyl (C=O) groups is 1. The van der Waals surface area contributed by atoms with Crippen molar-refractivity contribution in [2.45, 2.75) is 0 Å². The Morgan fingerprint density at radius 1 is 1.24 bits per heavy atom. The van der Waals surface area contributed by atoms with E-state index in [0.29, 0.717) is 10.6 Å². The molecule has 0 saturated carbocycles. The number of benzene rings is 1. The van der Waals surface area contributed by atoms with Crippen LogP contribution in [0.25, 0.3) is 0 Å². The fourth-order valence-corrected chi connectivity index (χ4v) is 1.43. The highest BCUT2D eigenvalue weighted by Gasteiger charge is 2.08. The third-order valence-electron chi connectivity index (χ3n) is 2.10. The standard InChI is InChI=1S/C12H8ClFN2O/c13-10-2-1-7-15-11(10)16-12(17)8-3-5-9(14)6-4-8/h1-7H,(H,15,16,17). The van der Waals surface area contributed by atoms with E-state index < -0.39 is 5.82 Å². The van der Waals surface area contributed by atoms with E-state index in [4.69, 9.17) is 11.6 Å². The zero-order chi connectivity index (χ0) is 12.3. The zero-order valence-corrected chi connectivity index (χ0v) is 9.41. The Labute approximate surface area is 102 Å². The van der Waals surface area contributed by atoms with Crippen LogP contribution < -0.4 is 5.32 Å². The van der Waals surface area contributed by atoms with Gasteiger partial charge < -0.3 is 5.32 Å². The highest BCUT2D eigenvalue weighted by atomic mass is 35.5. The summed E-state index contributed by atoms with van der Waals surface area (Å²) in [4.78, 5) is 15.7. The molecule has 0 atom stereocenters. The van der Waals surface area contributed by atoms with Gasteiger partial charge in [0, 0.05) is 11.8 Å². The van der Waals surface area contributed by atoms with Gasteiger partial charge in [-0.05, 0) is 36.4 Å². The number of aromatic nitrogens is 1. The largest absolute Gasteiger partial charge is 0.305 e. The highest BCUT2D eigenvalue weighted by molar-refractivity contribution is 6.33. The molecule has 1 aromatic heterocycles. The maximum absolute atomic E-state index is 12.7. The molecule has 0 spiro atoms. The molecule has 86 valence electrons. The molecule has 5 heteroatoms. The lowest BCUT2D eigenvalue weighted by Gasteiger charge is -2.05. The lowest BCUT2D eigenvalue weighted by Crippen LogP contribution is -2.13. The first-order valence-electron chi connectivity index (χ1n) is 4.84. The van der Waals surface area contributed by atoms with Crippen molar-refractivity contribution in [1.29, 1.82) is 0 Å². The fourth-order valence-electron chi connectivity index (χ4n) is 1.26. The molecule has 0 saturated heterocycles. The third-order valence-corrected chi connectivity index (χ3v) is 2.40. The number of carbonyl (C=O) groups excluding carboxylic acids is 1. The molecule has 1 heterocycles. The van der Waals surface area contributed by atoms with E-state index in [1.165, 1.54) is 30.5 Å². The molecule has 0 radical (unpaired) electrons. The first-order valence-corrected chi connectivity index (χ1v) is 5.22. The summed E-state index contributed by atoms with van der Waals surface area (Å²) in [6, 6.07) is 8.50. The van der Waals surface area contributed by atoms with Gasteiger partial charge in [0.25, 0.3) is 5.91 Å². The molecule has 0 unspecified atom stereocenters. The lowest BCUT2D eigenvalue weighted by molar-refractivity contribution is 0.102. The number of anilines is 1. The second kappa shape index (κ2) is 4.93. The third kappa shape index (κ3) is 2.79. The van der Waals surface area contributed by atoms with Crippen LogP contribution in [0.4, 0.5) is 10.2 Å². The molecule has 3 nitrogen and oxygen atoms in total. The van der Waals surface area contributed by atoms with Crippen molar-refractivity contribution in [1.82, 2.24) is 4.98 Å². The molecule has 0 aliphatic carbocycles. The molecule has 2 rings (SSSR count). The minimum atomic E-state index is -0.391. The van der Waals surface area contributed by atoms with Crippen LogP contribution in [0.15, 0.2) is 42.6 Å². The van der Waals surface area contributed by atoms with Gasteiger partial charge in [0.05, 0.1) is 5.02 Å². The molecule has 2 aromatic rings. The maximum atomic E-state index is 12.7. The Hall–Kier alpha value is -1.94. The van der Waals surface area contributed by atoms with E-state index in [1.54, 1.807) is 12.1 Å². The van der Waals surface area contributed by atoms with Crippen LogP contribution in [0.2, 0.25) is 5.02 Å². The molecule has 0 aliphatic heterocycles. The average molecular weight is 251 g/mol. The number of amides is 1. The summed E-state index contributed by atoms with van der Waals surface area (Å²) in [5, 5.41) is 2.89. The molecule has 0 fully saturated rings. The quantitative estimate of drug-likeness (QED) is 0.890. The summed E-state index contributed by atoms with van der Waals surface area (Å²) in [7, 11) is 0. The van der Waals surface area contributed by atoms with Crippen molar-refractivity contribution in [3.05, 3.63) is 59.0 Å². The van der Waals surface area contributed by atoms with Gasteiger partial charge in [-0.15, -0.1) is 0 Å². The van der Waals surface area contributed by atoms with Gasteiger partial charge >= 0.3 is 0 Å². The number of hydrogen-bond donors (Lipinski definition) is 1. The molecular formula is C12H8ClFN2O. The van der Waals surface area contributed by atoms with E-state index in [0.717, 1.165) is 0 Å². The monoisotopic (exact) mass is 250 g/mol. The number of hydrogen-bond acceptors (Lipinski definition) is 2. The smallest absolute Gasteiger partial charge is 0.256 e. The van der Waals surface area contributed by atoms with Gasteiger partial charge in [0.15, 0.2) is 5.82 Å². The fraction of sp³-hybridized carbons (Fsp3) is 0. The molecule has 17 heavy (non-hydrogen) atoms. The SMILES string of the molecule is O=C(Nc1ncccc1Cl)c1ccc(F)cc1. The predicted octanol–water partition coefficient (Wildman–Crippen LogP) is 3.13. The van der Waals surface area contributed by atoms with Gasteiger partial charge in [-0.2, -0.15) is 0 Å². The number of nitrogens with one attached hydrogen (secondary N) is 1. The van der Waals surface area contributed by atoms with Gasteiger partial charge in [-0.3, -0.25) is 4.79 Å². The van der Waals surface area contributed by atoms with Crippen molar-refractivity contribution in [3.63, 3.8) is 0 Å². The van der Waals surface area contributed by atoms with Crippen LogP contribution in [0, 0.1) is 5.82 Å². The summed E-state index contributed by atoms with van der Waals surface area (Å²) in [6.45, 7) is 0. The van der Waals surface area contributed by atoms with Crippen LogP contribution in [-0.4, -0.2) is 10.9 Å². The molecule has 1 aromatic carbocycles. The highest BCUT2D eigenvalue weighted by Crippen LogP contribution is 2.18. The van der Waals surface area contributed by atoms with E-state index in [2.05, 4.69) is 10.3 Å². The second-order valence-corrected chi connectivity index (χ2v) is 3.70. The molecule has 1 amide bonds. The van der Waals surface area contributed by atoms with Crippen molar-refractivity contribution in [2.24, 2.45) is 0 Å². The van der Waals surface area contributed by atoms with Crippen LogP contribution in [-0.2, 0) is 0 Å². The summed E-state index contributed by atoms with van der Waals surface area (Å²) >= 11 is 5.84. The summed E-state index contributed by atoms with van der Waals surface area (Å²) < 4.78 is 12.7. The Balaban J connectivity index is 2.17. The Morgan fingerprint density at radius 3 is 2.59 bits per heavy atom.